The Kier molecular flexibility index (Phi) is 6.82. The summed E-state index contributed by atoms with van der Waals surface area (Å²) in [7, 11) is 0. The van der Waals surface area contributed by atoms with Crippen LogP contribution < -0.4 is 21.5 Å². The Bertz CT molecular complexity index is 792. The number of amidine groups is 1. The van der Waals surface area contributed by atoms with Gasteiger partial charge in [-0.1, -0.05) is 17.7 Å². The van der Waals surface area contributed by atoms with E-state index in [1.807, 2.05) is 31.2 Å². The van der Waals surface area contributed by atoms with E-state index in [9.17, 15) is 14.4 Å². The van der Waals surface area contributed by atoms with Crippen LogP contribution in [0.5, 0.6) is 0 Å². The second kappa shape index (κ2) is 9.51. The van der Waals surface area contributed by atoms with Crippen LogP contribution in [0.25, 0.3) is 0 Å². The molecular weight excluding hydrogens is 372 g/mol. The second-order valence-electron chi connectivity index (χ2n) is 7.49. The predicted molar refractivity (Wildman–Crippen MR) is 110 cm³/mol. The minimum atomic E-state index is -0.344. The van der Waals surface area contributed by atoms with Crippen LogP contribution in [0.4, 0.5) is 5.69 Å². The fraction of sp³-hybridized carbons (Fsp3) is 0.500. The van der Waals surface area contributed by atoms with Crippen LogP contribution in [0, 0.1) is 12.8 Å². The van der Waals surface area contributed by atoms with Crippen molar-refractivity contribution in [2.24, 2.45) is 16.6 Å². The molecule has 1 atom stereocenters. The third-order valence-corrected chi connectivity index (χ3v) is 5.19. The molecule has 0 bridgehead atoms. The van der Waals surface area contributed by atoms with Crippen LogP contribution in [0.1, 0.15) is 24.8 Å². The first kappa shape index (κ1) is 20.8. The highest BCUT2D eigenvalue weighted by Crippen LogP contribution is 2.16. The van der Waals surface area contributed by atoms with Gasteiger partial charge in [0.15, 0.2) is 0 Å². The third kappa shape index (κ3) is 5.54. The predicted octanol–water partition coefficient (Wildman–Crippen LogP) is -0.0517. The quantitative estimate of drug-likeness (QED) is 0.554. The molecule has 3 rings (SSSR count). The van der Waals surface area contributed by atoms with Crippen LogP contribution in [0.15, 0.2) is 29.3 Å². The number of nitrogens with two attached hydrogens (primary N) is 1. The molecule has 1 aromatic rings. The van der Waals surface area contributed by atoms with E-state index in [1.54, 1.807) is 0 Å². The Labute approximate surface area is 170 Å². The standard InChI is InChI=1S/C20H28N6O3/c1-14-5-7-16(8-6-14)26-17(27)12-23-19(24-26)20(29)22-9-3-11-25-10-2-4-15(13-25)18(21)28/h5-8,15H,2-4,9-13H2,1H3,(H2,21,28)(H,22,29)(H,23,24). The summed E-state index contributed by atoms with van der Waals surface area (Å²) in [5.41, 5.74) is 9.96. The van der Waals surface area contributed by atoms with Gasteiger partial charge >= 0.3 is 0 Å². The highest BCUT2D eigenvalue weighted by atomic mass is 16.2. The number of anilines is 1. The molecule has 1 aromatic carbocycles. The van der Waals surface area contributed by atoms with Gasteiger partial charge in [-0.3, -0.25) is 24.8 Å². The lowest BCUT2D eigenvalue weighted by atomic mass is 9.97. The van der Waals surface area contributed by atoms with Crippen molar-refractivity contribution in [2.75, 3.05) is 37.7 Å². The molecule has 29 heavy (non-hydrogen) atoms. The number of carbonyl (C=O) groups excluding carboxylic acids is 3. The van der Waals surface area contributed by atoms with Gasteiger partial charge in [0, 0.05) is 13.1 Å². The minimum absolute atomic E-state index is 0.0775. The van der Waals surface area contributed by atoms with Crippen molar-refractivity contribution < 1.29 is 14.4 Å². The number of nitrogens with zero attached hydrogens (tertiary/aromatic N) is 3. The number of primary amides is 1. The summed E-state index contributed by atoms with van der Waals surface area (Å²) >= 11 is 0. The van der Waals surface area contributed by atoms with Crippen molar-refractivity contribution in [1.29, 1.82) is 0 Å². The highest BCUT2D eigenvalue weighted by Gasteiger charge is 2.26. The Hall–Kier alpha value is -2.94. The van der Waals surface area contributed by atoms with E-state index < -0.39 is 0 Å². The summed E-state index contributed by atoms with van der Waals surface area (Å²) in [6.07, 6.45) is 2.57. The number of nitrogens with one attached hydrogen (secondary N) is 2. The molecule has 4 N–H and O–H groups in total. The molecule has 2 aliphatic rings. The number of hydrogen-bond acceptors (Lipinski definition) is 6. The minimum Gasteiger partial charge on any atom is -0.369 e. The Morgan fingerprint density at radius 2 is 2.07 bits per heavy atom. The fourth-order valence-corrected chi connectivity index (χ4v) is 3.53. The van der Waals surface area contributed by atoms with Gasteiger partial charge in [0.1, 0.15) is 6.54 Å². The third-order valence-electron chi connectivity index (χ3n) is 5.19. The second-order valence-corrected chi connectivity index (χ2v) is 7.49. The van der Waals surface area contributed by atoms with Gasteiger partial charge in [0.25, 0.3) is 11.8 Å². The summed E-state index contributed by atoms with van der Waals surface area (Å²) in [5, 5.41) is 4.18. The Balaban J connectivity index is 1.45. The normalized spacial score (nSPS) is 20.0. The van der Waals surface area contributed by atoms with Gasteiger partial charge in [-0.05, 0) is 51.4 Å². The summed E-state index contributed by atoms with van der Waals surface area (Å²) in [6.45, 7) is 4.79. The van der Waals surface area contributed by atoms with E-state index in [-0.39, 0.29) is 36.0 Å². The van der Waals surface area contributed by atoms with E-state index in [0.29, 0.717) is 18.8 Å². The molecular formula is C20H28N6O3. The number of likely N-dealkylation sites (tertiary alicyclic amines) is 1. The average molecular weight is 400 g/mol. The first-order valence-electron chi connectivity index (χ1n) is 9.94. The maximum atomic E-state index is 12.4. The van der Waals surface area contributed by atoms with Crippen LogP contribution in [0.3, 0.4) is 0 Å². The molecule has 1 unspecified atom stereocenters. The summed E-state index contributed by atoms with van der Waals surface area (Å²) in [4.78, 5) is 42.2. The van der Waals surface area contributed by atoms with Crippen molar-refractivity contribution in [3.63, 3.8) is 0 Å². The molecule has 0 spiro atoms. The monoisotopic (exact) mass is 400 g/mol. The number of benzene rings is 1. The summed E-state index contributed by atoms with van der Waals surface area (Å²) in [6, 6.07) is 7.44. The zero-order valence-corrected chi connectivity index (χ0v) is 16.7. The Morgan fingerprint density at radius 3 is 2.79 bits per heavy atom. The van der Waals surface area contributed by atoms with E-state index in [1.165, 1.54) is 5.01 Å². The highest BCUT2D eigenvalue weighted by molar-refractivity contribution is 6.39. The zero-order chi connectivity index (χ0) is 20.8. The number of hydrogen-bond donors (Lipinski definition) is 3. The molecule has 1 fully saturated rings. The summed E-state index contributed by atoms with van der Waals surface area (Å²) in [5.74, 6) is -0.763. The number of aryl methyl sites for hydroxylation is 1. The number of carbonyl (C=O) groups is 3. The molecule has 2 heterocycles. The SMILES string of the molecule is Cc1ccc(N2NC(C(=O)NCCCN3CCCC(C(N)=O)C3)=NCC2=O)cc1. The van der Waals surface area contributed by atoms with E-state index in [4.69, 9.17) is 5.73 Å². The molecule has 1 saturated heterocycles. The van der Waals surface area contributed by atoms with Crippen molar-refractivity contribution in [2.45, 2.75) is 26.2 Å². The first-order chi connectivity index (χ1) is 13.9. The van der Waals surface area contributed by atoms with Gasteiger partial charge in [0.2, 0.25) is 11.7 Å². The van der Waals surface area contributed by atoms with E-state index in [2.05, 4.69) is 20.6 Å². The number of amides is 3. The largest absolute Gasteiger partial charge is 0.369 e. The van der Waals surface area contributed by atoms with Crippen LogP contribution >= 0.6 is 0 Å². The van der Waals surface area contributed by atoms with Crippen LogP contribution in [0.2, 0.25) is 0 Å². The average Bonchev–Trinajstić information content (AvgIpc) is 2.72. The molecule has 0 saturated carbocycles. The van der Waals surface area contributed by atoms with Gasteiger partial charge < -0.3 is 16.0 Å². The molecule has 0 aliphatic carbocycles. The molecule has 3 amide bonds. The van der Waals surface area contributed by atoms with Crippen LogP contribution in [-0.4, -0.2) is 61.2 Å². The molecule has 156 valence electrons. The zero-order valence-electron chi connectivity index (χ0n) is 16.7. The van der Waals surface area contributed by atoms with Crippen LogP contribution in [-0.2, 0) is 14.4 Å². The van der Waals surface area contributed by atoms with Crippen molar-refractivity contribution >= 4 is 29.2 Å². The molecule has 9 heteroatoms. The van der Waals surface area contributed by atoms with Gasteiger partial charge in [-0.15, -0.1) is 0 Å². The van der Waals surface area contributed by atoms with Crippen molar-refractivity contribution in [3.05, 3.63) is 29.8 Å². The lowest BCUT2D eigenvalue weighted by molar-refractivity contribution is -0.123. The van der Waals surface area contributed by atoms with E-state index in [0.717, 1.165) is 37.9 Å². The first-order valence-corrected chi connectivity index (χ1v) is 9.94. The maximum Gasteiger partial charge on any atom is 0.288 e. The van der Waals surface area contributed by atoms with E-state index >= 15 is 0 Å². The number of aliphatic imine (C=N–C) groups is 1. The number of piperidine rings is 1. The van der Waals surface area contributed by atoms with Gasteiger partial charge in [-0.2, -0.15) is 0 Å². The van der Waals surface area contributed by atoms with Gasteiger partial charge in [-0.25, -0.2) is 5.01 Å². The Morgan fingerprint density at radius 1 is 1.31 bits per heavy atom. The smallest absolute Gasteiger partial charge is 0.288 e. The molecule has 9 nitrogen and oxygen atoms in total. The van der Waals surface area contributed by atoms with Gasteiger partial charge in [0.05, 0.1) is 11.6 Å². The molecule has 0 aromatic heterocycles. The fourth-order valence-electron chi connectivity index (χ4n) is 3.53. The topological polar surface area (TPSA) is 120 Å². The molecule has 0 radical (unpaired) electrons. The maximum absolute atomic E-state index is 12.4. The lowest BCUT2D eigenvalue weighted by Gasteiger charge is -2.31. The van der Waals surface area contributed by atoms with Crippen molar-refractivity contribution in [1.82, 2.24) is 15.6 Å². The number of rotatable bonds is 7. The van der Waals surface area contributed by atoms with Crippen molar-refractivity contribution in [3.8, 4) is 0 Å². The lowest BCUT2D eigenvalue weighted by Crippen LogP contribution is -2.56. The number of hydrazine groups is 1. The summed E-state index contributed by atoms with van der Waals surface area (Å²) < 4.78 is 0. The molecule has 2 aliphatic heterocycles.